The highest BCUT2D eigenvalue weighted by molar-refractivity contribution is 6.59. The van der Waals surface area contributed by atoms with E-state index in [1.54, 1.807) is 24.4 Å². The summed E-state index contributed by atoms with van der Waals surface area (Å²) in [4.78, 5) is 6.57. The number of aromatic nitrogens is 1. The Morgan fingerprint density at radius 3 is 2.74 bits per heavy atom. The van der Waals surface area contributed by atoms with Gasteiger partial charge in [0.1, 0.15) is 6.07 Å². The standard InChI is InChI=1S/C16H19BN4O2/c1-21-6-4-13(5-7-21)20-16-11(9-18)10-19-15-3-2-12(17(22)23)8-14(15)16/h2-3,8,10,13,22-23H,4-7H2,1H3,(H,19,20). The topological polar surface area (TPSA) is 92.4 Å². The van der Waals surface area contributed by atoms with Gasteiger partial charge in [0.15, 0.2) is 0 Å². The highest BCUT2D eigenvalue weighted by Crippen LogP contribution is 2.27. The Labute approximate surface area is 135 Å². The molecule has 0 radical (unpaired) electrons. The molecule has 2 aromatic rings. The summed E-state index contributed by atoms with van der Waals surface area (Å²) in [5.41, 5.74) is 2.32. The number of likely N-dealkylation sites (tertiary alicyclic amines) is 1. The van der Waals surface area contributed by atoms with Crippen molar-refractivity contribution >= 4 is 29.2 Å². The van der Waals surface area contributed by atoms with Crippen molar-refractivity contribution in [3.05, 3.63) is 30.0 Å². The first-order chi connectivity index (χ1) is 11.1. The Hall–Kier alpha value is -2.14. The number of hydrogen-bond acceptors (Lipinski definition) is 6. The summed E-state index contributed by atoms with van der Waals surface area (Å²) in [7, 11) is 0.564. The third-order valence-corrected chi connectivity index (χ3v) is 4.38. The number of pyridine rings is 1. The largest absolute Gasteiger partial charge is 0.488 e. The van der Waals surface area contributed by atoms with Crippen LogP contribution >= 0.6 is 0 Å². The average molecular weight is 310 g/mol. The monoisotopic (exact) mass is 310 g/mol. The summed E-state index contributed by atoms with van der Waals surface area (Å²) in [5.74, 6) is 0. The van der Waals surface area contributed by atoms with Crippen LogP contribution in [0.5, 0.6) is 0 Å². The molecule has 0 amide bonds. The molecule has 1 aromatic carbocycles. The van der Waals surface area contributed by atoms with E-state index < -0.39 is 7.12 Å². The zero-order valence-electron chi connectivity index (χ0n) is 13.0. The molecule has 2 heterocycles. The summed E-state index contributed by atoms with van der Waals surface area (Å²) in [5, 5.41) is 32.4. The number of nitrogens with zero attached hydrogens (tertiary/aromatic N) is 3. The molecule has 0 spiro atoms. The third kappa shape index (κ3) is 3.29. The summed E-state index contributed by atoms with van der Waals surface area (Å²) >= 11 is 0. The molecule has 3 N–H and O–H groups in total. The predicted octanol–water partition coefficient (Wildman–Crippen LogP) is 0.292. The van der Waals surface area contributed by atoms with E-state index >= 15 is 0 Å². The SMILES string of the molecule is CN1CCC(Nc2c(C#N)cnc3ccc(B(O)O)cc23)CC1. The van der Waals surface area contributed by atoms with Crippen LogP contribution in [0.3, 0.4) is 0 Å². The maximum Gasteiger partial charge on any atom is 0.488 e. The van der Waals surface area contributed by atoms with Crippen LogP contribution in [-0.4, -0.2) is 53.2 Å². The molecule has 1 aromatic heterocycles. The molecule has 0 atom stereocenters. The molecule has 3 rings (SSSR count). The highest BCUT2D eigenvalue weighted by atomic mass is 16.4. The minimum atomic E-state index is -1.54. The maximum atomic E-state index is 9.40. The molecule has 118 valence electrons. The van der Waals surface area contributed by atoms with Crippen LogP contribution in [0.2, 0.25) is 0 Å². The molecule has 0 aliphatic carbocycles. The zero-order chi connectivity index (χ0) is 16.4. The van der Waals surface area contributed by atoms with Gasteiger partial charge in [-0.25, -0.2) is 0 Å². The fourth-order valence-corrected chi connectivity index (χ4v) is 2.97. The van der Waals surface area contributed by atoms with E-state index in [9.17, 15) is 15.3 Å². The second kappa shape index (κ2) is 6.55. The van der Waals surface area contributed by atoms with Crippen molar-refractivity contribution in [2.45, 2.75) is 18.9 Å². The number of hydrogen-bond donors (Lipinski definition) is 3. The van der Waals surface area contributed by atoms with Gasteiger partial charge in [0.25, 0.3) is 0 Å². The highest BCUT2D eigenvalue weighted by Gasteiger charge is 2.20. The molecule has 7 heteroatoms. The van der Waals surface area contributed by atoms with E-state index in [2.05, 4.69) is 28.3 Å². The van der Waals surface area contributed by atoms with Crippen LogP contribution in [0.1, 0.15) is 18.4 Å². The summed E-state index contributed by atoms with van der Waals surface area (Å²) in [6, 6.07) is 7.53. The molecule has 1 aliphatic rings. The average Bonchev–Trinajstić information content (AvgIpc) is 2.56. The van der Waals surface area contributed by atoms with Crippen LogP contribution in [0.25, 0.3) is 10.9 Å². The van der Waals surface area contributed by atoms with Gasteiger partial charge in [0.05, 0.1) is 16.8 Å². The summed E-state index contributed by atoms with van der Waals surface area (Å²) in [6.45, 7) is 2.03. The first kappa shape index (κ1) is 15.7. The van der Waals surface area contributed by atoms with Crippen LogP contribution in [0.15, 0.2) is 24.4 Å². The molecule has 23 heavy (non-hydrogen) atoms. The van der Waals surface area contributed by atoms with E-state index in [4.69, 9.17) is 0 Å². The zero-order valence-corrected chi connectivity index (χ0v) is 13.0. The molecule has 1 fully saturated rings. The van der Waals surface area contributed by atoms with Crippen molar-refractivity contribution < 1.29 is 10.0 Å². The van der Waals surface area contributed by atoms with Crippen molar-refractivity contribution in [3.8, 4) is 6.07 Å². The van der Waals surface area contributed by atoms with Gasteiger partial charge in [0.2, 0.25) is 0 Å². The van der Waals surface area contributed by atoms with Gasteiger partial charge in [-0.15, -0.1) is 0 Å². The second-order valence-corrected chi connectivity index (χ2v) is 6.03. The van der Waals surface area contributed by atoms with Gasteiger partial charge in [-0.05, 0) is 44.5 Å². The van der Waals surface area contributed by atoms with Crippen LogP contribution in [0.4, 0.5) is 5.69 Å². The Morgan fingerprint density at radius 1 is 1.35 bits per heavy atom. The van der Waals surface area contributed by atoms with Crippen LogP contribution in [0, 0.1) is 11.3 Å². The fourth-order valence-electron chi connectivity index (χ4n) is 2.97. The van der Waals surface area contributed by atoms with Crippen molar-refractivity contribution in [2.75, 3.05) is 25.5 Å². The van der Waals surface area contributed by atoms with Gasteiger partial charge >= 0.3 is 7.12 Å². The lowest BCUT2D eigenvalue weighted by Crippen LogP contribution is -2.37. The molecule has 1 aliphatic heterocycles. The first-order valence-corrected chi connectivity index (χ1v) is 7.72. The lowest BCUT2D eigenvalue weighted by atomic mass is 9.79. The molecular weight excluding hydrogens is 291 g/mol. The quantitative estimate of drug-likeness (QED) is 0.706. The normalized spacial score (nSPS) is 16.3. The minimum Gasteiger partial charge on any atom is -0.423 e. The number of fused-ring (bicyclic) bond motifs is 1. The Bertz CT molecular complexity index is 752. The van der Waals surface area contributed by atoms with Crippen LogP contribution in [-0.2, 0) is 0 Å². The molecular formula is C16H19BN4O2. The van der Waals surface area contributed by atoms with E-state index in [1.165, 1.54) is 0 Å². The Kier molecular flexibility index (Phi) is 4.48. The summed E-state index contributed by atoms with van der Waals surface area (Å²) in [6.07, 6.45) is 3.58. The summed E-state index contributed by atoms with van der Waals surface area (Å²) < 4.78 is 0. The van der Waals surface area contributed by atoms with E-state index in [0.717, 1.165) is 42.5 Å². The van der Waals surface area contributed by atoms with E-state index in [0.29, 0.717) is 17.1 Å². The van der Waals surface area contributed by atoms with Crippen LogP contribution < -0.4 is 10.8 Å². The van der Waals surface area contributed by atoms with Crippen molar-refractivity contribution in [3.63, 3.8) is 0 Å². The van der Waals surface area contributed by atoms with Crippen molar-refractivity contribution in [1.29, 1.82) is 5.26 Å². The van der Waals surface area contributed by atoms with Gasteiger partial charge in [0, 0.05) is 17.6 Å². The first-order valence-electron chi connectivity index (χ1n) is 7.72. The van der Waals surface area contributed by atoms with Gasteiger partial charge < -0.3 is 20.3 Å². The number of rotatable bonds is 3. The molecule has 0 saturated carbocycles. The van der Waals surface area contributed by atoms with Gasteiger partial charge in [-0.2, -0.15) is 5.26 Å². The third-order valence-electron chi connectivity index (χ3n) is 4.38. The molecule has 6 nitrogen and oxygen atoms in total. The molecule has 1 saturated heterocycles. The maximum absolute atomic E-state index is 9.40. The minimum absolute atomic E-state index is 0.298. The van der Waals surface area contributed by atoms with Crippen molar-refractivity contribution in [1.82, 2.24) is 9.88 Å². The van der Waals surface area contributed by atoms with E-state index in [1.807, 2.05) is 0 Å². The van der Waals surface area contributed by atoms with Gasteiger partial charge in [-0.1, -0.05) is 12.1 Å². The molecule has 0 bridgehead atoms. The Balaban J connectivity index is 2.01. The fraction of sp³-hybridized carbons (Fsp3) is 0.375. The van der Waals surface area contributed by atoms with E-state index in [-0.39, 0.29) is 0 Å². The Morgan fingerprint density at radius 2 is 2.09 bits per heavy atom. The number of anilines is 1. The lowest BCUT2D eigenvalue weighted by molar-refractivity contribution is 0.264. The number of nitriles is 1. The number of piperidine rings is 1. The number of nitrogens with one attached hydrogen (secondary N) is 1. The van der Waals surface area contributed by atoms with Gasteiger partial charge in [-0.3, -0.25) is 4.98 Å². The smallest absolute Gasteiger partial charge is 0.423 e. The molecule has 0 unspecified atom stereocenters. The van der Waals surface area contributed by atoms with Crippen molar-refractivity contribution in [2.24, 2.45) is 0 Å². The lowest BCUT2D eigenvalue weighted by Gasteiger charge is -2.30. The number of benzene rings is 1. The predicted molar refractivity (Wildman–Crippen MR) is 90.4 cm³/mol. The second-order valence-electron chi connectivity index (χ2n) is 6.03.